The summed E-state index contributed by atoms with van der Waals surface area (Å²) in [7, 11) is 0. The molecular formula is C12H20O5. The van der Waals surface area contributed by atoms with Crippen LogP contribution in [0.5, 0.6) is 0 Å². The van der Waals surface area contributed by atoms with Gasteiger partial charge in [-0.25, -0.2) is 0 Å². The Labute approximate surface area is 101 Å². The molecular weight excluding hydrogens is 224 g/mol. The van der Waals surface area contributed by atoms with E-state index in [1.54, 1.807) is 0 Å². The van der Waals surface area contributed by atoms with E-state index in [0.29, 0.717) is 0 Å². The van der Waals surface area contributed by atoms with Crippen LogP contribution in [0.3, 0.4) is 0 Å². The fourth-order valence-electron chi connectivity index (χ4n) is 2.89. The zero-order valence-electron chi connectivity index (χ0n) is 10.9. The van der Waals surface area contributed by atoms with Gasteiger partial charge in [-0.1, -0.05) is 0 Å². The summed E-state index contributed by atoms with van der Waals surface area (Å²) in [5.74, 6) is -1.20. The van der Waals surface area contributed by atoms with E-state index in [0.717, 1.165) is 0 Å². The zero-order valence-corrected chi connectivity index (χ0v) is 10.9. The van der Waals surface area contributed by atoms with Crippen LogP contribution in [0.15, 0.2) is 0 Å². The molecule has 3 aliphatic heterocycles. The Hall–Kier alpha value is -0.200. The van der Waals surface area contributed by atoms with Crippen molar-refractivity contribution in [2.75, 3.05) is 0 Å². The number of hydrogen-bond acceptors (Lipinski definition) is 5. The van der Waals surface area contributed by atoms with Crippen molar-refractivity contribution >= 4 is 0 Å². The molecule has 5 atom stereocenters. The number of ether oxygens (including phenoxy) is 5. The van der Waals surface area contributed by atoms with E-state index in [9.17, 15) is 0 Å². The Morgan fingerprint density at radius 1 is 0.706 bits per heavy atom. The predicted octanol–water partition coefficient (Wildman–Crippen LogP) is 1.40. The smallest absolute Gasteiger partial charge is 0.190 e. The topological polar surface area (TPSA) is 46.2 Å². The molecule has 3 heterocycles. The molecule has 5 nitrogen and oxygen atoms in total. The first-order valence-corrected chi connectivity index (χ1v) is 6.14. The largest absolute Gasteiger partial charge is 0.345 e. The summed E-state index contributed by atoms with van der Waals surface area (Å²) in [6, 6.07) is 0. The molecule has 0 aromatic heterocycles. The molecule has 0 aliphatic carbocycles. The molecule has 98 valence electrons. The Morgan fingerprint density at radius 3 is 2.00 bits per heavy atom. The summed E-state index contributed by atoms with van der Waals surface area (Å²) >= 11 is 0. The zero-order chi connectivity index (χ0) is 12.4. The third kappa shape index (κ3) is 1.90. The summed E-state index contributed by atoms with van der Waals surface area (Å²) in [6.07, 6.45) is -0.778. The lowest BCUT2D eigenvalue weighted by Crippen LogP contribution is -2.54. The maximum absolute atomic E-state index is 5.92. The van der Waals surface area contributed by atoms with Gasteiger partial charge in [0.2, 0.25) is 0 Å². The van der Waals surface area contributed by atoms with Crippen LogP contribution in [0, 0.1) is 0 Å². The van der Waals surface area contributed by atoms with Gasteiger partial charge in [-0.15, -0.1) is 0 Å². The molecule has 3 rings (SSSR count). The van der Waals surface area contributed by atoms with Crippen LogP contribution in [0.1, 0.15) is 34.6 Å². The molecule has 0 amide bonds. The molecule has 3 saturated heterocycles. The van der Waals surface area contributed by atoms with Gasteiger partial charge in [0.25, 0.3) is 0 Å². The first-order valence-electron chi connectivity index (χ1n) is 6.14. The van der Waals surface area contributed by atoms with Crippen molar-refractivity contribution in [3.63, 3.8) is 0 Å². The van der Waals surface area contributed by atoms with Gasteiger partial charge in [-0.2, -0.15) is 0 Å². The highest BCUT2D eigenvalue weighted by Gasteiger charge is 2.60. The first kappa shape index (κ1) is 11.9. The van der Waals surface area contributed by atoms with Gasteiger partial charge < -0.3 is 23.7 Å². The molecule has 0 unspecified atom stereocenters. The fraction of sp³-hybridized carbons (Fsp3) is 1.00. The molecule has 0 aromatic carbocycles. The van der Waals surface area contributed by atoms with E-state index in [2.05, 4.69) is 0 Å². The van der Waals surface area contributed by atoms with Crippen molar-refractivity contribution in [1.29, 1.82) is 0 Å². The summed E-state index contributed by atoms with van der Waals surface area (Å²) in [4.78, 5) is 0. The van der Waals surface area contributed by atoms with Crippen LogP contribution < -0.4 is 0 Å². The van der Waals surface area contributed by atoms with Gasteiger partial charge in [0, 0.05) is 0 Å². The lowest BCUT2D eigenvalue weighted by Gasteiger charge is -2.42. The van der Waals surface area contributed by atoms with Crippen molar-refractivity contribution in [2.45, 2.75) is 76.9 Å². The van der Waals surface area contributed by atoms with Crippen molar-refractivity contribution in [1.82, 2.24) is 0 Å². The summed E-state index contributed by atoms with van der Waals surface area (Å²) < 4.78 is 29.1. The minimum atomic E-state index is -0.602. The molecule has 5 heteroatoms. The van der Waals surface area contributed by atoms with Crippen LogP contribution in [-0.2, 0) is 23.7 Å². The average Bonchev–Trinajstić information content (AvgIpc) is 2.58. The Kier molecular flexibility index (Phi) is 2.39. The summed E-state index contributed by atoms with van der Waals surface area (Å²) in [5.41, 5.74) is 0. The maximum Gasteiger partial charge on any atom is 0.190 e. The fourth-order valence-corrected chi connectivity index (χ4v) is 2.89. The molecule has 17 heavy (non-hydrogen) atoms. The maximum atomic E-state index is 5.92. The standard InChI is InChI=1S/C12H20O5/c1-6-7-8(15-11(2,3)14-6)9-10(13-7)17-12(4,5)16-9/h6-10H,1-5H3/t6-,7+,8-,9+,10-/m0/s1. The molecule has 0 aromatic rings. The second kappa shape index (κ2) is 3.42. The van der Waals surface area contributed by atoms with Gasteiger partial charge in [0.05, 0.1) is 6.10 Å². The first-order chi connectivity index (χ1) is 7.77. The lowest BCUT2D eigenvalue weighted by atomic mass is 10.0. The van der Waals surface area contributed by atoms with E-state index in [-0.39, 0.29) is 30.7 Å². The molecule has 3 fully saturated rings. The van der Waals surface area contributed by atoms with Gasteiger partial charge >= 0.3 is 0 Å². The highest BCUT2D eigenvalue weighted by Crippen LogP contribution is 2.44. The molecule has 0 saturated carbocycles. The molecule has 0 radical (unpaired) electrons. The quantitative estimate of drug-likeness (QED) is 0.644. The van der Waals surface area contributed by atoms with Crippen molar-refractivity contribution in [3.8, 4) is 0 Å². The van der Waals surface area contributed by atoms with Crippen molar-refractivity contribution in [3.05, 3.63) is 0 Å². The second-order valence-corrected chi connectivity index (χ2v) is 5.87. The van der Waals surface area contributed by atoms with Crippen LogP contribution in [0.2, 0.25) is 0 Å². The lowest BCUT2D eigenvalue weighted by molar-refractivity contribution is -0.340. The minimum absolute atomic E-state index is 0.0235. The van der Waals surface area contributed by atoms with Crippen LogP contribution in [0.25, 0.3) is 0 Å². The van der Waals surface area contributed by atoms with E-state index in [1.807, 2.05) is 34.6 Å². The van der Waals surface area contributed by atoms with Crippen molar-refractivity contribution in [2.24, 2.45) is 0 Å². The van der Waals surface area contributed by atoms with Crippen molar-refractivity contribution < 1.29 is 23.7 Å². The normalized spacial score (nSPS) is 51.0. The third-order valence-electron chi connectivity index (χ3n) is 3.38. The molecule has 3 aliphatic rings. The Morgan fingerprint density at radius 2 is 1.29 bits per heavy atom. The highest BCUT2D eigenvalue weighted by atomic mass is 16.9. The highest BCUT2D eigenvalue weighted by molar-refractivity contribution is 4.99. The summed E-state index contributed by atoms with van der Waals surface area (Å²) in [5, 5.41) is 0. The number of hydrogen-bond donors (Lipinski definition) is 0. The van der Waals surface area contributed by atoms with Crippen LogP contribution >= 0.6 is 0 Å². The third-order valence-corrected chi connectivity index (χ3v) is 3.38. The second-order valence-electron chi connectivity index (χ2n) is 5.87. The Balaban J connectivity index is 1.82. The van der Waals surface area contributed by atoms with Gasteiger partial charge in [0.1, 0.15) is 18.3 Å². The number of rotatable bonds is 0. The predicted molar refractivity (Wildman–Crippen MR) is 58.2 cm³/mol. The van der Waals surface area contributed by atoms with E-state index < -0.39 is 11.6 Å². The van der Waals surface area contributed by atoms with Gasteiger partial charge in [-0.05, 0) is 34.6 Å². The SMILES string of the molecule is C[C@@H]1OC(C)(C)O[C@@H]2[C@H]3OC(C)(C)O[C@@H]3O[C@@H]21. The molecule has 0 N–H and O–H groups in total. The van der Waals surface area contributed by atoms with E-state index in [4.69, 9.17) is 23.7 Å². The van der Waals surface area contributed by atoms with E-state index >= 15 is 0 Å². The van der Waals surface area contributed by atoms with E-state index in [1.165, 1.54) is 0 Å². The minimum Gasteiger partial charge on any atom is -0.345 e. The molecule has 0 bridgehead atoms. The number of fused-ring (bicyclic) bond motifs is 3. The summed E-state index contributed by atoms with van der Waals surface area (Å²) in [6.45, 7) is 9.59. The Bertz CT molecular complexity index is 327. The molecule has 0 spiro atoms. The van der Waals surface area contributed by atoms with Crippen LogP contribution in [-0.4, -0.2) is 42.3 Å². The average molecular weight is 244 g/mol. The van der Waals surface area contributed by atoms with Crippen LogP contribution in [0.4, 0.5) is 0 Å². The van der Waals surface area contributed by atoms with Gasteiger partial charge in [-0.3, -0.25) is 0 Å². The monoisotopic (exact) mass is 244 g/mol. The van der Waals surface area contributed by atoms with Gasteiger partial charge in [0.15, 0.2) is 17.9 Å².